The number of carbonyl (C=O) groups excluding carboxylic acids is 1. The normalized spacial score (nSPS) is 46.2. The second-order valence-corrected chi connectivity index (χ2v) is 12.8. The van der Waals surface area contributed by atoms with Gasteiger partial charge in [-0.25, -0.2) is 0 Å². The Morgan fingerprint density at radius 2 is 1.67 bits per heavy atom. The number of fused-ring (bicyclic) bond motifs is 6. The van der Waals surface area contributed by atoms with Crippen LogP contribution in [0.2, 0.25) is 0 Å². The van der Waals surface area contributed by atoms with Crippen molar-refractivity contribution in [1.29, 1.82) is 0 Å². The lowest BCUT2D eigenvalue weighted by Gasteiger charge is -2.60. The molecule has 188 valence electrons. The van der Waals surface area contributed by atoms with Gasteiger partial charge in [-0.15, -0.1) is 0 Å². The average molecular weight is 463 g/mol. The molecule has 0 aromatic rings. The predicted molar refractivity (Wildman–Crippen MR) is 127 cm³/mol. The molecule has 1 saturated heterocycles. The molecular weight excluding hydrogens is 416 g/mol. The summed E-state index contributed by atoms with van der Waals surface area (Å²) in [5, 5.41) is 10.5. The second-order valence-electron chi connectivity index (χ2n) is 12.8. The van der Waals surface area contributed by atoms with E-state index in [0.717, 1.165) is 30.6 Å². The standard InChI is InChI=1S/C28H46O5/c1-26-10-9-21-19(6-5-18-15-23-24(33-23)16-27(18,21)2)20(26)7-8-22(26)25(30)28(17-29,11-13-31-3)12-14-32-4/h18-24,29H,5-17H2,1-4H3/t18-,19-,20-,21-,22+,23-,24+,26-,27-/m0/s1. The highest BCUT2D eigenvalue weighted by atomic mass is 16.6. The van der Waals surface area contributed by atoms with Crippen molar-refractivity contribution in [3.05, 3.63) is 0 Å². The number of ether oxygens (including phenoxy) is 3. The number of hydrogen-bond donors (Lipinski definition) is 1. The number of methoxy groups -OCH3 is 2. The molecule has 0 spiro atoms. The van der Waals surface area contributed by atoms with Gasteiger partial charge in [0.15, 0.2) is 0 Å². The van der Waals surface area contributed by atoms with E-state index in [4.69, 9.17) is 14.2 Å². The summed E-state index contributed by atoms with van der Waals surface area (Å²) in [5.74, 6) is 3.35. The molecule has 5 nitrogen and oxygen atoms in total. The molecular formula is C28H46O5. The molecule has 5 rings (SSSR count). The topological polar surface area (TPSA) is 68.3 Å². The van der Waals surface area contributed by atoms with Gasteiger partial charge in [-0.05, 0) is 98.7 Å². The molecule has 1 N–H and O–H groups in total. The number of Topliss-reactive ketones (excluding diaryl/α,β-unsaturated/α-hetero) is 1. The summed E-state index contributed by atoms with van der Waals surface area (Å²) in [6.45, 7) is 5.89. The minimum atomic E-state index is -0.739. The van der Waals surface area contributed by atoms with Crippen LogP contribution in [-0.4, -0.2) is 57.1 Å². The number of rotatable bonds is 9. The first kappa shape index (κ1) is 24.2. The zero-order valence-corrected chi connectivity index (χ0v) is 21.3. The van der Waals surface area contributed by atoms with Crippen LogP contribution in [0.25, 0.3) is 0 Å². The van der Waals surface area contributed by atoms with Crippen LogP contribution in [0.15, 0.2) is 0 Å². The van der Waals surface area contributed by atoms with Gasteiger partial charge in [0.2, 0.25) is 0 Å². The van der Waals surface area contributed by atoms with E-state index in [0.29, 0.717) is 49.6 Å². The summed E-state index contributed by atoms with van der Waals surface area (Å²) in [4.78, 5) is 14.2. The van der Waals surface area contributed by atoms with Crippen molar-refractivity contribution in [1.82, 2.24) is 0 Å². The van der Waals surface area contributed by atoms with Crippen molar-refractivity contribution in [2.45, 2.75) is 90.3 Å². The summed E-state index contributed by atoms with van der Waals surface area (Å²) in [6, 6.07) is 0. The van der Waals surface area contributed by atoms with E-state index in [1.54, 1.807) is 14.2 Å². The SMILES string of the molecule is COCCC(CO)(CCOC)C(=O)[C@H]1CC[C@H]2[C@@H]3CC[C@H]4C[C@@H]5O[C@@H]5C[C@]4(C)[C@H]3CC[C@]12C. The zero-order valence-electron chi connectivity index (χ0n) is 21.3. The van der Waals surface area contributed by atoms with Crippen LogP contribution in [0.5, 0.6) is 0 Å². The largest absolute Gasteiger partial charge is 0.395 e. The van der Waals surface area contributed by atoms with Crippen molar-refractivity contribution in [2.75, 3.05) is 34.0 Å². The van der Waals surface area contributed by atoms with Crippen LogP contribution in [0, 0.1) is 45.8 Å². The van der Waals surface area contributed by atoms with E-state index in [1.807, 2.05) is 0 Å². The van der Waals surface area contributed by atoms with Gasteiger partial charge in [0, 0.05) is 33.4 Å². The first-order valence-corrected chi connectivity index (χ1v) is 13.6. The molecule has 9 atom stereocenters. The molecule has 4 saturated carbocycles. The Balaban J connectivity index is 1.37. The fourth-order valence-electron chi connectivity index (χ4n) is 9.52. The highest BCUT2D eigenvalue weighted by Gasteiger charge is 2.65. The van der Waals surface area contributed by atoms with E-state index in [2.05, 4.69) is 13.8 Å². The Labute approximate surface area is 200 Å². The van der Waals surface area contributed by atoms with Crippen molar-refractivity contribution in [3.8, 4) is 0 Å². The molecule has 0 bridgehead atoms. The molecule has 5 fully saturated rings. The maximum Gasteiger partial charge on any atom is 0.145 e. The molecule has 0 aromatic carbocycles. The maximum atomic E-state index is 14.2. The zero-order chi connectivity index (χ0) is 23.4. The Kier molecular flexibility index (Phi) is 6.51. The van der Waals surface area contributed by atoms with Crippen LogP contribution < -0.4 is 0 Å². The van der Waals surface area contributed by atoms with Crippen LogP contribution in [0.1, 0.15) is 78.1 Å². The van der Waals surface area contributed by atoms with Crippen LogP contribution >= 0.6 is 0 Å². The first-order chi connectivity index (χ1) is 15.8. The third-order valence-corrected chi connectivity index (χ3v) is 11.6. The fourth-order valence-corrected chi connectivity index (χ4v) is 9.52. The minimum Gasteiger partial charge on any atom is -0.395 e. The molecule has 0 amide bonds. The van der Waals surface area contributed by atoms with E-state index >= 15 is 0 Å². The number of epoxide rings is 1. The molecule has 0 unspecified atom stereocenters. The van der Waals surface area contributed by atoms with E-state index in [-0.39, 0.29) is 23.7 Å². The monoisotopic (exact) mass is 462 g/mol. The number of aliphatic hydroxyl groups excluding tert-OH is 1. The third kappa shape index (κ3) is 3.75. The Morgan fingerprint density at radius 3 is 2.33 bits per heavy atom. The summed E-state index contributed by atoms with van der Waals surface area (Å²) in [7, 11) is 3.35. The van der Waals surface area contributed by atoms with Gasteiger partial charge in [0.25, 0.3) is 0 Å². The van der Waals surface area contributed by atoms with Crippen LogP contribution in [-0.2, 0) is 19.0 Å². The maximum absolute atomic E-state index is 14.2. The molecule has 33 heavy (non-hydrogen) atoms. The Hall–Kier alpha value is -0.490. The molecule has 5 aliphatic rings. The van der Waals surface area contributed by atoms with Gasteiger partial charge in [0.1, 0.15) is 5.78 Å². The van der Waals surface area contributed by atoms with Gasteiger partial charge < -0.3 is 19.3 Å². The van der Waals surface area contributed by atoms with Crippen molar-refractivity contribution >= 4 is 5.78 Å². The highest BCUT2D eigenvalue weighted by molar-refractivity contribution is 5.88. The van der Waals surface area contributed by atoms with Gasteiger partial charge >= 0.3 is 0 Å². The lowest BCUT2D eigenvalue weighted by molar-refractivity contribution is -0.148. The summed E-state index contributed by atoms with van der Waals surface area (Å²) < 4.78 is 16.7. The summed E-state index contributed by atoms with van der Waals surface area (Å²) in [5.41, 5.74) is -0.248. The van der Waals surface area contributed by atoms with E-state index in [9.17, 15) is 9.90 Å². The van der Waals surface area contributed by atoms with Crippen LogP contribution in [0.3, 0.4) is 0 Å². The molecule has 1 heterocycles. The Bertz CT molecular complexity index is 730. The lowest BCUT2D eigenvalue weighted by atomic mass is 9.44. The minimum absolute atomic E-state index is 0.0531. The first-order valence-electron chi connectivity index (χ1n) is 13.6. The predicted octanol–water partition coefficient (Wildman–Crippen LogP) is 4.64. The molecule has 0 radical (unpaired) electrons. The third-order valence-electron chi connectivity index (χ3n) is 11.6. The Morgan fingerprint density at radius 1 is 0.970 bits per heavy atom. The number of aliphatic hydroxyl groups is 1. The number of ketones is 1. The number of carbonyl (C=O) groups is 1. The average Bonchev–Trinajstić information content (AvgIpc) is 3.46. The van der Waals surface area contributed by atoms with Gasteiger partial charge in [0.05, 0.1) is 24.2 Å². The van der Waals surface area contributed by atoms with Crippen molar-refractivity contribution in [3.63, 3.8) is 0 Å². The van der Waals surface area contributed by atoms with Gasteiger partial charge in [-0.2, -0.15) is 0 Å². The quantitative estimate of drug-likeness (QED) is 0.506. The molecule has 5 heteroatoms. The second kappa shape index (κ2) is 8.87. The lowest BCUT2D eigenvalue weighted by Crippen LogP contribution is -2.55. The summed E-state index contributed by atoms with van der Waals surface area (Å²) in [6.07, 6.45) is 12.0. The van der Waals surface area contributed by atoms with Gasteiger partial charge in [-0.1, -0.05) is 13.8 Å². The molecule has 4 aliphatic carbocycles. The smallest absolute Gasteiger partial charge is 0.145 e. The van der Waals surface area contributed by atoms with Crippen molar-refractivity contribution < 1.29 is 24.1 Å². The van der Waals surface area contributed by atoms with E-state index < -0.39 is 5.41 Å². The molecule has 1 aliphatic heterocycles. The van der Waals surface area contributed by atoms with Gasteiger partial charge in [-0.3, -0.25) is 4.79 Å². The fraction of sp³-hybridized carbons (Fsp3) is 0.964. The molecule has 0 aromatic heterocycles. The summed E-state index contributed by atoms with van der Waals surface area (Å²) >= 11 is 0. The van der Waals surface area contributed by atoms with Crippen molar-refractivity contribution in [2.24, 2.45) is 45.8 Å². The van der Waals surface area contributed by atoms with Crippen LogP contribution in [0.4, 0.5) is 0 Å². The van der Waals surface area contributed by atoms with E-state index in [1.165, 1.54) is 38.5 Å². The number of hydrogen-bond acceptors (Lipinski definition) is 5. The highest BCUT2D eigenvalue weighted by Crippen LogP contribution is 2.69.